The molecule has 9 heteroatoms. The van der Waals surface area contributed by atoms with E-state index in [9.17, 15) is 18.0 Å². The zero-order valence-electron chi connectivity index (χ0n) is 9.78. The third kappa shape index (κ3) is 3.60. The molecule has 0 amide bonds. The fourth-order valence-electron chi connectivity index (χ4n) is 1.79. The molecule has 2 heterocycles. The summed E-state index contributed by atoms with van der Waals surface area (Å²) in [5.74, 6) is -1.03. The number of aromatic nitrogens is 2. The number of nitrogens with zero attached hydrogens (tertiary/aromatic N) is 2. The highest BCUT2D eigenvalue weighted by Crippen LogP contribution is 2.21. The van der Waals surface area contributed by atoms with E-state index in [2.05, 4.69) is 10.4 Å². The maximum Gasteiger partial charge on any atom is 0.401 e. The minimum absolute atomic E-state index is 0.126. The van der Waals surface area contributed by atoms with Crippen molar-refractivity contribution < 1.29 is 27.8 Å². The van der Waals surface area contributed by atoms with Gasteiger partial charge in [0.2, 0.25) is 5.88 Å². The second kappa shape index (κ2) is 5.08. The van der Waals surface area contributed by atoms with Crippen molar-refractivity contribution >= 4 is 5.97 Å². The Morgan fingerprint density at radius 1 is 1.63 bits per heavy atom. The van der Waals surface area contributed by atoms with E-state index in [0.717, 1.165) is 0 Å². The van der Waals surface area contributed by atoms with Gasteiger partial charge in [0.1, 0.15) is 0 Å². The molecule has 0 aromatic carbocycles. The van der Waals surface area contributed by atoms with Gasteiger partial charge >= 0.3 is 12.1 Å². The van der Waals surface area contributed by atoms with E-state index in [1.54, 1.807) is 0 Å². The lowest BCUT2D eigenvalue weighted by molar-refractivity contribution is -0.125. The fraction of sp³-hybridized carbons (Fsp3) is 0.600. The molecule has 19 heavy (non-hydrogen) atoms. The first-order valence-corrected chi connectivity index (χ1v) is 5.56. The quantitative estimate of drug-likeness (QED) is 0.850. The molecule has 1 aliphatic heterocycles. The van der Waals surface area contributed by atoms with Crippen molar-refractivity contribution in [1.29, 1.82) is 0 Å². The van der Waals surface area contributed by atoms with Crippen molar-refractivity contribution in [1.82, 2.24) is 15.1 Å². The van der Waals surface area contributed by atoms with E-state index in [1.165, 1.54) is 10.7 Å². The lowest BCUT2D eigenvalue weighted by Crippen LogP contribution is -2.38. The Hall–Kier alpha value is -1.77. The topological polar surface area (TPSA) is 76.4 Å². The first-order valence-electron chi connectivity index (χ1n) is 5.56. The van der Waals surface area contributed by atoms with Crippen molar-refractivity contribution in [3.8, 4) is 5.88 Å². The SMILES string of the molecule is O=C(O)c1cc2n(n1)CC(CNCC(F)(F)F)CO2. The van der Waals surface area contributed by atoms with Crippen molar-refractivity contribution in [2.45, 2.75) is 12.7 Å². The number of hydrogen-bond donors (Lipinski definition) is 2. The van der Waals surface area contributed by atoms with Gasteiger partial charge in [0, 0.05) is 18.5 Å². The summed E-state index contributed by atoms with van der Waals surface area (Å²) in [6.45, 7) is -0.375. The summed E-state index contributed by atoms with van der Waals surface area (Å²) in [5.41, 5.74) is -0.140. The van der Waals surface area contributed by atoms with Gasteiger partial charge in [0.05, 0.1) is 19.7 Å². The molecule has 0 bridgehead atoms. The number of carboxylic acids is 1. The predicted octanol–water partition coefficient (Wildman–Crippen LogP) is 0.742. The number of halogens is 3. The smallest absolute Gasteiger partial charge is 0.401 e. The maximum atomic E-state index is 12.0. The third-order valence-corrected chi connectivity index (χ3v) is 2.62. The van der Waals surface area contributed by atoms with Crippen LogP contribution < -0.4 is 10.1 Å². The van der Waals surface area contributed by atoms with Crippen LogP contribution in [-0.2, 0) is 6.54 Å². The molecule has 0 radical (unpaired) electrons. The van der Waals surface area contributed by atoms with Crippen LogP contribution in [-0.4, -0.2) is 46.7 Å². The molecule has 0 saturated carbocycles. The van der Waals surface area contributed by atoms with E-state index in [1.807, 2.05) is 0 Å². The zero-order chi connectivity index (χ0) is 14.0. The van der Waals surface area contributed by atoms with Gasteiger partial charge < -0.3 is 15.2 Å². The van der Waals surface area contributed by atoms with Crippen LogP contribution in [0.3, 0.4) is 0 Å². The second-order valence-corrected chi connectivity index (χ2v) is 4.28. The molecule has 2 N–H and O–H groups in total. The van der Waals surface area contributed by atoms with E-state index >= 15 is 0 Å². The van der Waals surface area contributed by atoms with Crippen LogP contribution in [0.2, 0.25) is 0 Å². The number of ether oxygens (including phenoxy) is 1. The highest BCUT2D eigenvalue weighted by molar-refractivity contribution is 5.85. The lowest BCUT2D eigenvalue weighted by atomic mass is 10.1. The molecule has 1 aromatic rings. The summed E-state index contributed by atoms with van der Waals surface area (Å²) >= 11 is 0. The molecule has 0 spiro atoms. The predicted molar refractivity (Wildman–Crippen MR) is 57.1 cm³/mol. The van der Waals surface area contributed by atoms with Crippen LogP contribution >= 0.6 is 0 Å². The molecule has 106 valence electrons. The third-order valence-electron chi connectivity index (χ3n) is 2.62. The van der Waals surface area contributed by atoms with Gasteiger partial charge in [0.15, 0.2) is 5.69 Å². The van der Waals surface area contributed by atoms with E-state index in [-0.39, 0.29) is 24.8 Å². The molecule has 0 saturated heterocycles. The molecule has 0 fully saturated rings. The van der Waals surface area contributed by atoms with Gasteiger partial charge in [-0.2, -0.15) is 18.3 Å². The largest absolute Gasteiger partial charge is 0.477 e. The Morgan fingerprint density at radius 2 is 2.37 bits per heavy atom. The van der Waals surface area contributed by atoms with Gasteiger partial charge in [-0.15, -0.1) is 0 Å². The number of rotatable bonds is 4. The molecule has 6 nitrogen and oxygen atoms in total. The molecular weight excluding hydrogens is 267 g/mol. The van der Waals surface area contributed by atoms with Gasteiger partial charge in [-0.25, -0.2) is 9.48 Å². The fourth-order valence-corrected chi connectivity index (χ4v) is 1.79. The number of aromatic carboxylic acids is 1. The van der Waals surface area contributed by atoms with Crippen LogP contribution in [0.15, 0.2) is 6.07 Å². The van der Waals surface area contributed by atoms with Crippen LogP contribution in [0.4, 0.5) is 13.2 Å². The molecule has 1 unspecified atom stereocenters. The van der Waals surface area contributed by atoms with Crippen LogP contribution in [0.5, 0.6) is 5.88 Å². The Labute approximate surface area is 106 Å². The normalized spacial score (nSPS) is 18.8. The molecule has 0 aliphatic carbocycles. The number of nitrogens with one attached hydrogen (secondary N) is 1. The molecule has 1 aromatic heterocycles. The maximum absolute atomic E-state index is 12.0. The van der Waals surface area contributed by atoms with Crippen LogP contribution in [0.1, 0.15) is 10.5 Å². The number of alkyl halides is 3. The first-order chi connectivity index (χ1) is 8.85. The highest BCUT2D eigenvalue weighted by atomic mass is 19.4. The van der Waals surface area contributed by atoms with Crippen molar-refractivity contribution in [2.24, 2.45) is 5.92 Å². The second-order valence-electron chi connectivity index (χ2n) is 4.28. The standard InChI is InChI=1S/C10H12F3N3O3/c11-10(12,13)5-14-2-6-3-16-8(19-4-6)1-7(15-16)9(17)18/h1,6,14H,2-5H2,(H,17,18). The minimum atomic E-state index is -4.25. The van der Waals surface area contributed by atoms with Crippen LogP contribution in [0.25, 0.3) is 0 Å². The van der Waals surface area contributed by atoms with E-state index in [4.69, 9.17) is 9.84 Å². The van der Waals surface area contributed by atoms with Gasteiger partial charge in [0.25, 0.3) is 0 Å². The molecule has 2 rings (SSSR count). The molecule has 1 aliphatic rings. The summed E-state index contributed by atoms with van der Waals surface area (Å²) < 4.78 is 42.5. The minimum Gasteiger partial charge on any atom is -0.477 e. The Bertz CT molecular complexity index is 472. The number of carbonyl (C=O) groups is 1. The van der Waals surface area contributed by atoms with Crippen molar-refractivity contribution in [2.75, 3.05) is 19.7 Å². The Balaban J connectivity index is 1.89. The number of fused-ring (bicyclic) bond motifs is 1. The summed E-state index contributed by atoms with van der Waals surface area (Å²) in [4.78, 5) is 10.7. The van der Waals surface area contributed by atoms with Crippen LogP contribution in [0, 0.1) is 5.92 Å². The number of carboxylic acid groups (broad SMARTS) is 1. The summed E-state index contributed by atoms with van der Waals surface area (Å²) in [6.07, 6.45) is -4.25. The van der Waals surface area contributed by atoms with Gasteiger partial charge in [-0.1, -0.05) is 0 Å². The lowest BCUT2D eigenvalue weighted by Gasteiger charge is -2.24. The average molecular weight is 279 g/mol. The van der Waals surface area contributed by atoms with Gasteiger partial charge in [-0.05, 0) is 0 Å². The highest BCUT2D eigenvalue weighted by Gasteiger charge is 2.28. The first kappa shape index (κ1) is 13.7. The van der Waals surface area contributed by atoms with Crippen molar-refractivity contribution in [3.05, 3.63) is 11.8 Å². The molecular formula is C10H12F3N3O3. The summed E-state index contributed by atoms with van der Waals surface area (Å²) in [5, 5.41) is 14.9. The molecule has 1 atom stereocenters. The van der Waals surface area contributed by atoms with Gasteiger partial charge in [-0.3, -0.25) is 0 Å². The Morgan fingerprint density at radius 3 is 3.00 bits per heavy atom. The average Bonchev–Trinajstić information content (AvgIpc) is 2.70. The van der Waals surface area contributed by atoms with E-state index < -0.39 is 18.7 Å². The zero-order valence-corrected chi connectivity index (χ0v) is 9.78. The van der Waals surface area contributed by atoms with Crippen molar-refractivity contribution in [3.63, 3.8) is 0 Å². The summed E-state index contributed by atoms with van der Waals surface area (Å²) in [7, 11) is 0. The van der Waals surface area contributed by atoms with E-state index in [0.29, 0.717) is 12.4 Å². The number of hydrogen-bond acceptors (Lipinski definition) is 4. The summed E-state index contributed by atoms with van der Waals surface area (Å²) in [6, 6.07) is 1.29. The monoisotopic (exact) mass is 279 g/mol. The Kier molecular flexibility index (Phi) is 3.65.